The van der Waals surface area contributed by atoms with Crippen LogP contribution < -0.4 is 0 Å². The average molecular weight is 527 g/mol. The van der Waals surface area contributed by atoms with Crippen molar-refractivity contribution in [1.29, 1.82) is 0 Å². The molecule has 0 saturated carbocycles. The van der Waals surface area contributed by atoms with Crippen LogP contribution in [0.3, 0.4) is 0 Å². The van der Waals surface area contributed by atoms with Crippen LogP contribution in [0.2, 0.25) is 0 Å². The van der Waals surface area contributed by atoms with Crippen LogP contribution in [0.1, 0.15) is 57.8 Å². The molecular weight excluding hydrogens is 495 g/mol. The molecule has 4 aliphatic rings. The summed E-state index contributed by atoms with van der Waals surface area (Å²) in [5, 5.41) is 23.8. The number of nitrogens with zero attached hydrogens (tertiary/aromatic N) is 6. The Bertz CT molecular complexity index is 757. The normalized spacial score (nSPS) is 25.8. The number of hydrogen-bond donors (Lipinski definition) is 0. The fraction of sp³-hybridized carbons (Fsp3) is 0.667. The fourth-order valence-corrected chi connectivity index (χ4v) is 4.02. The summed E-state index contributed by atoms with van der Waals surface area (Å²) in [4.78, 5) is 46.8. The molecule has 0 aliphatic carbocycles. The zero-order valence-electron chi connectivity index (χ0n) is 19.8. The minimum atomic E-state index is -0.555. The minimum Gasteiger partial charge on any atom is -0.680 e. The van der Waals surface area contributed by atoms with Crippen LogP contribution in [-0.4, -0.2) is 67.9 Å². The standard InChI is InChI=1S/C12H19N3O2.C12H15N3O2.Co/c2*16-11(9-5-1-3-7-13-9)15-12(17)10-6-2-4-8-14-10;/h9-10H,1-8H2,(H,15,16,17);1,3,5,10H,2,4,6-8H2,(H,15,16,17);/q2*-2;/p-2. The van der Waals surface area contributed by atoms with Crippen molar-refractivity contribution in [2.24, 2.45) is 0 Å². The van der Waals surface area contributed by atoms with Gasteiger partial charge in [-0.05, 0) is 0 Å². The van der Waals surface area contributed by atoms with Crippen LogP contribution in [-0.2, 0) is 36.0 Å². The van der Waals surface area contributed by atoms with Gasteiger partial charge in [0.25, 0.3) is 0 Å². The SMILES string of the molecule is O=C([N-]C(=O)C1CCCC[N-]1)C1=CC=CC[N-]1.O=C([N-]C(=O)C1CCCC[N-]1)C1CCCC[N-]1.[Co]. The van der Waals surface area contributed by atoms with Gasteiger partial charge in [-0.3, -0.25) is 0 Å². The molecule has 3 fully saturated rings. The third kappa shape index (κ3) is 9.84. The summed E-state index contributed by atoms with van der Waals surface area (Å²) in [6, 6.07) is -1.18. The van der Waals surface area contributed by atoms with Gasteiger partial charge in [0, 0.05) is 34.5 Å². The van der Waals surface area contributed by atoms with Gasteiger partial charge in [0.15, 0.2) is 0 Å². The predicted molar refractivity (Wildman–Crippen MR) is 130 cm³/mol. The van der Waals surface area contributed by atoms with E-state index in [-0.39, 0.29) is 46.4 Å². The number of carbonyl (C=O) groups is 4. The Balaban J connectivity index is 0.000000240. The summed E-state index contributed by atoms with van der Waals surface area (Å²) in [6.07, 6.45) is 13.4. The maximum atomic E-state index is 11.7. The fourth-order valence-electron chi connectivity index (χ4n) is 4.02. The number of amides is 4. The van der Waals surface area contributed by atoms with Crippen LogP contribution in [0.25, 0.3) is 31.9 Å². The van der Waals surface area contributed by atoms with Gasteiger partial charge in [-0.25, -0.2) is 0 Å². The second kappa shape index (κ2) is 15.8. The van der Waals surface area contributed by atoms with Gasteiger partial charge in [-0.2, -0.15) is 0 Å². The molecule has 4 heterocycles. The van der Waals surface area contributed by atoms with Crippen molar-refractivity contribution >= 4 is 23.6 Å². The van der Waals surface area contributed by atoms with Crippen molar-refractivity contribution in [3.63, 3.8) is 0 Å². The van der Waals surface area contributed by atoms with E-state index in [1.807, 2.05) is 6.08 Å². The zero-order chi connectivity index (χ0) is 24.2. The molecule has 4 rings (SSSR count). The van der Waals surface area contributed by atoms with Crippen molar-refractivity contribution in [1.82, 2.24) is 0 Å². The number of imide groups is 2. The number of hydrogen-bond acceptors (Lipinski definition) is 4. The summed E-state index contributed by atoms with van der Waals surface area (Å²) >= 11 is 0. The van der Waals surface area contributed by atoms with E-state index in [1.54, 1.807) is 12.2 Å². The molecule has 0 spiro atoms. The summed E-state index contributed by atoms with van der Waals surface area (Å²) in [5.41, 5.74) is 0.247. The number of carbonyl (C=O) groups excluding carboxylic acids is 4. The number of allylic oxidation sites excluding steroid dienone is 2. The van der Waals surface area contributed by atoms with Crippen LogP contribution in [0, 0.1) is 0 Å². The molecule has 10 nitrogen and oxygen atoms in total. The van der Waals surface area contributed by atoms with Gasteiger partial charge in [-0.1, -0.05) is 88.1 Å². The van der Waals surface area contributed by atoms with E-state index in [4.69, 9.17) is 0 Å². The minimum absolute atomic E-state index is 0. The Morgan fingerprint density at radius 1 is 0.686 bits per heavy atom. The van der Waals surface area contributed by atoms with Gasteiger partial charge in [0.1, 0.15) is 0 Å². The molecular formula is C24H32CoN6O4-6. The van der Waals surface area contributed by atoms with Crippen LogP contribution in [0.4, 0.5) is 0 Å². The van der Waals surface area contributed by atoms with Crippen molar-refractivity contribution in [3.8, 4) is 0 Å². The number of rotatable bonds is 4. The Labute approximate surface area is 217 Å². The molecule has 0 N–H and O–H groups in total. The first-order chi connectivity index (χ1) is 16.5. The molecule has 35 heavy (non-hydrogen) atoms. The quantitative estimate of drug-likeness (QED) is 0.496. The summed E-state index contributed by atoms with van der Waals surface area (Å²) in [7, 11) is 0. The van der Waals surface area contributed by atoms with E-state index in [9.17, 15) is 19.2 Å². The van der Waals surface area contributed by atoms with Crippen LogP contribution in [0.15, 0.2) is 23.9 Å². The van der Waals surface area contributed by atoms with E-state index in [0.717, 1.165) is 51.4 Å². The molecule has 11 heteroatoms. The van der Waals surface area contributed by atoms with Crippen molar-refractivity contribution in [2.45, 2.75) is 75.9 Å². The molecule has 3 unspecified atom stereocenters. The maximum absolute atomic E-state index is 11.7. The van der Waals surface area contributed by atoms with E-state index < -0.39 is 17.9 Å². The summed E-state index contributed by atoms with van der Waals surface area (Å²) < 4.78 is 0. The first-order valence-electron chi connectivity index (χ1n) is 12.2. The molecule has 0 aromatic rings. The molecule has 1 radical (unpaired) electrons. The van der Waals surface area contributed by atoms with Gasteiger partial charge in [-0.15, -0.1) is 38.0 Å². The first kappa shape index (κ1) is 29.2. The maximum Gasteiger partial charge on any atom is 0.0648 e. The molecule has 4 amide bonds. The Morgan fingerprint density at radius 2 is 1.14 bits per heavy atom. The summed E-state index contributed by atoms with van der Waals surface area (Å²) in [5.74, 6) is -1.72. The topological polar surface area (TPSA) is 153 Å². The van der Waals surface area contributed by atoms with Gasteiger partial charge < -0.3 is 51.1 Å². The largest absolute Gasteiger partial charge is 0.680 e. The van der Waals surface area contributed by atoms with Crippen molar-refractivity contribution < 1.29 is 36.0 Å². The van der Waals surface area contributed by atoms with E-state index in [0.29, 0.717) is 32.6 Å². The van der Waals surface area contributed by atoms with Crippen LogP contribution >= 0.6 is 0 Å². The van der Waals surface area contributed by atoms with Crippen molar-refractivity contribution in [2.75, 3.05) is 26.2 Å². The second-order valence-corrected chi connectivity index (χ2v) is 8.62. The molecule has 0 aromatic carbocycles. The van der Waals surface area contributed by atoms with Gasteiger partial charge >= 0.3 is 0 Å². The number of piperidine rings is 3. The van der Waals surface area contributed by atoms with E-state index in [1.165, 1.54) is 0 Å². The predicted octanol–water partition coefficient (Wildman–Crippen LogP) is 4.43. The molecule has 3 atom stereocenters. The Kier molecular flexibility index (Phi) is 13.2. The third-order valence-electron chi connectivity index (χ3n) is 5.97. The van der Waals surface area contributed by atoms with Gasteiger partial charge in [0.2, 0.25) is 0 Å². The van der Waals surface area contributed by atoms with E-state index in [2.05, 4.69) is 31.9 Å². The molecule has 4 aliphatic heterocycles. The zero-order valence-corrected chi connectivity index (χ0v) is 20.8. The van der Waals surface area contributed by atoms with Crippen molar-refractivity contribution in [3.05, 3.63) is 55.8 Å². The Hall–Kier alpha value is -2.05. The first-order valence-corrected chi connectivity index (χ1v) is 12.2. The van der Waals surface area contributed by atoms with E-state index >= 15 is 0 Å². The third-order valence-corrected chi connectivity index (χ3v) is 5.97. The molecule has 0 aromatic heterocycles. The average Bonchev–Trinajstić information content (AvgIpc) is 2.91. The smallest absolute Gasteiger partial charge is 0.0648 e. The molecule has 0 bridgehead atoms. The van der Waals surface area contributed by atoms with Gasteiger partial charge in [0.05, 0.1) is 5.91 Å². The van der Waals surface area contributed by atoms with Crippen LogP contribution in [0.5, 0.6) is 0 Å². The second-order valence-electron chi connectivity index (χ2n) is 8.62. The molecule has 197 valence electrons. The Morgan fingerprint density at radius 3 is 1.51 bits per heavy atom. The summed E-state index contributed by atoms with van der Waals surface area (Å²) in [6.45, 7) is 2.59. The monoisotopic (exact) mass is 527 g/mol. The molecule has 3 saturated heterocycles.